The van der Waals surface area contributed by atoms with Gasteiger partial charge in [0.1, 0.15) is 5.60 Å². The second-order valence-corrected chi connectivity index (χ2v) is 13.0. The van der Waals surface area contributed by atoms with Gasteiger partial charge in [-0.15, -0.1) is 0 Å². The number of carbonyl (C=O) groups excluding carboxylic acids is 1. The van der Waals surface area contributed by atoms with Gasteiger partial charge < -0.3 is 47.5 Å². The molecule has 0 atom stereocenters. The van der Waals surface area contributed by atoms with Gasteiger partial charge in [-0.25, -0.2) is 4.79 Å². The molecule has 0 saturated carbocycles. The standard InChI is InChI=1S/C37H75NO10/c1-6-7-8-9-10-11-12-13-14-15-16-17-18-20-40-22-24-42-26-28-44-30-32-46-34-35-47-33-31-45-29-27-43-25-23-41-21-19-38(5)36(39)48-37(2,3)4/h6-35H2,1-5H3. The number of carbonyl (C=O) groups is 1. The molecule has 0 unspecified atom stereocenters. The first kappa shape index (κ1) is 47.0. The van der Waals surface area contributed by atoms with Crippen molar-refractivity contribution in [3.05, 3.63) is 0 Å². The average molecular weight is 694 g/mol. The zero-order valence-electron chi connectivity index (χ0n) is 31.7. The lowest BCUT2D eigenvalue weighted by Crippen LogP contribution is -2.36. The van der Waals surface area contributed by atoms with Gasteiger partial charge in [0.15, 0.2) is 0 Å². The first-order valence-electron chi connectivity index (χ1n) is 18.9. The van der Waals surface area contributed by atoms with Crippen LogP contribution in [0.5, 0.6) is 0 Å². The van der Waals surface area contributed by atoms with Crippen LogP contribution in [0.1, 0.15) is 111 Å². The van der Waals surface area contributed by atoms with Crippen LogP contribution in [0.3, 0.4) is 0 Å². The summed E-state index contributed by atoms with van der Waals surface area (Å²) in [7, 11) is 1.69. The number of rotatable bonds is 38. The Hall–Kier alpha value is -1.05. The van der Waals surface area contributed by atoms with Crippen molar-refractivity contribution in [3.63, 3.8) is 0 Å². The van der Waals surface area contributed by atoms with Gasteiger partial charge >= 0.3 is 6.09 Å². The van der Waals surface area contributed by atoms with Gasteiger partial charge in [-0.1, -0.05) is 84.0 Å². The minimum Gasteiger partial charge on any atom is -0.444 e. The largest absolute Gasteiger partial charge is 0.444 e. The molecular formula is C37H75NO10. The van der Waals surface area contributed by atoms with Crippen molar-refractivity contribution in [1.29, 1.82) is 0 Å². The van der Waals surface area contributed by atoms with Crippen molar-refractivity contribution in [1.82, 2.24) is 4.90 Å². The van der Waals surface area contributed by atoms with Gasteiger partial charge in [0, 0.05) is 20.2 Å². The van der Waals surface area contributed by atoms with E-state index >= 15 is 0 Å². The van der Waals surface area contributed by atoms with Crippen LogP contribution >= 0.6 is 0 Å². The summed E-state index contributed by atoms with van der Waals surface area (Å²) < 4.78 is 49.5. The van der Waals surface area contributed by atoms with Crippen LogP contribution in [0.4, 0.5) is 4.79 Å². The van der Waals surface area contributed by atoms with Crippen LogP contribution in [0.15, 0.2) is 0 Å². The zero-order chi connectivity index (χ0) is 35.2. The van der Waals surface area contributed by atoms with Crippen molar-refractivity contribution >= 4 is 6.09 Å². The highest BCUT2D eigenvalue weighted by molar-refractivity contribution is 5.67. The number of hydrogen-bond donors (Lipinski definition) is 0. The monoisotopic (exact) mass is 694 g/mol. The van der Waals surface area contributed by atoms with Crippen LogP contribution < -0.4 is 0 Å². The number of hydrogen-bond acceptors (Lipinski definition) is 10. The first-order chi connectivity index (χ1) is 23.4. The molecule has 0 N–H and O–H groups in total. The lowest BCUT2D eigenvalue weighted by Gasteiger charge is -2.24. The van der Waals surface area contributed by atoms with E-state index in [0.717, 1.165) is 13.0 Å². The van der Waals surface area contributed by atoms with Crippen molar-refractivity contribution < 1.29 is 47.4 Å². The quantitative estimate of drug-likeness (QED) is 0.0624. The summed E-state index contributed by atoms with van der Waals surface area (Å²) in [5.41, 5.74) is -0.503. The summed E-state index contributed by atoms with van der Waals surface area (Å²) in [5.74, 6) is 0. The Balaban J connectivity index is 3.13. The van der Waals surface area contributed by atoms with E-state index < -0.39 is 5.60 Å². The lowest BCUT2D eigenvalue weighted by molar-refractivity contribution is -0.0236. The molecule has 11 nitrogen and oxygen atoms in total. The van der Waals surface area contributed by atoms with Crippen molar-refractivity contribution in [2.75, 3.05) is 119 Å². The third-order valence-corrected chi connectivity index (χ3v) is 7.27. The van der Waals surface area contributed by atoms with Crippen LogP contribution in [-0.2, 0) is 42.6 Å². The molecule has 0 aromatic rings. The number of amides is 1. The molecule has 1 amide bonds. The molecular weight excluding hydrogens is 618 g/mol. The topological polar surface area (TPSA) is 103 Å². The smallest absolute Gasteiger partial charge is 0.410 e. The van der Waals surface area contributed by atoms with Gasteiger partial charge in [0.25, 0.3) is 0 Å². The molecule has 11 heteroatoms. The van der Waals surface area contributed by atoms with Crippen LogP contribution in [-0.4, -0.2) is 136 Å². The molecule has 0 aromatic carbocycles. The van der Waals surface area contributed by atoms with E-state index in [1.807, 2.05) is 20.8 Å². The summed E-state index contributed by atoms with van der Waals surface area (Å²) >= 11 is 0. The van der Waals surface area contributed by atoms with Crippen LogP contribution in [0, 0.1) is 0 Å². The Kier molecular flexibility index (Phi) is 36.4. The van der Waals surface area contributed by atoms with Crippen molar-refractivity contribution in [2.24, 2.45) is 0 Å². The Morgan fingerprint density at radius 3 is 1.00 bits per heavy atom. The highest BCUT2D eigenvalue weighted by atomic mass is 16.6. The molecule has 0 radical (unpaired) electrons. The summed E-state index contributed by atoms with van der Waals surface area (Å²) in [6.45, 7) is 16.9. The molecule has 0 fully saturated rings. The summed E-state index contributed by atoms with van der Waals surface area (Å²) in [4.78, 5) is 13.4. The SMILES string of the molecule is CCCCCCCCCCCCCCCOCCOCCOCCOCCOCCOCCOCCOCCN(C)C(=O)OC(C)(C)C. The fraction of sp³-hybridized carbons (Fsp3) is 0.973. The summed E-state index contributed by atoms with van der Waals surface area (Å²) in [6, 6.07) is 0. The summed E-state index contributed by atoms with van der Waals surface area (Å²) in [6.07, 6.45) is 17.4. The molecule has 48 heavy (non-hydrogen) atoms. The summed E-state index contributed by atoms with van der Waals surface area (Å²) in [5, 5.41) is 0. The molecule has 0 heterocycles. The van der Waals surface area contributed by atoms with Gasteiger partial charge in [-0.3, -0.25) is 0 Å². The Morgan fingerprint density at radius 1 is 0.417 bits per heavy atom. The Bertz CT molecular complexity index is 650. The highest BCUT2D eigenvalue weighted by Gasteiger charge is 2.19. The maximum atomic E-state index is 11.9. The molecule has 288 valence electrons. The molecule has 0 aliphatic carbocycles. The van der Waals surface area contributed by atoms with Gasteiger partial charge in [-0.05, 0) is 27.2 Å². The van der Waals surface area contributed by atoms with Gasteiger partial charge in [0.2, 0.25) is 0 Å². The van der Waals surface area contributed by atoms with E-state index in [1.54, 1.807) is 7.05 Å². The minimum absolute atomic E-state index is 0.357. The fourth-order valence-corrected chi connectivity index (χ4v) is 4.50. The highest BCUT2D eigenvalue weighted by Crippen LogP contribution is 2.12. The van der Waals surface area contributed by atoms with E-state index in [-0.39, 0.29) is 6.09 Å². The van der Waals surface area contributed by atoms with Gasteiger partial charge in [0.05, 0.1) is 99.1 Å². The predicted octanol–water partition coefficient (Wildman–Crippen LogP) is 7.08. The molecule has 0 aliphatic heterocycles. The molecule has 0 saturated heterocycles. The maximum Gasteiger partial charge on any atom is 0.410 e. The number of likely N-dealkylation sites (N-methyl/N-ethyl adjacent to an activating group) is 1. The van der Waals surface area contributed by atoms with Crippen molar-refractivity contribution in [3.8, 4) is 0 Å². The minimum atomic E-state index is -0.503. The van der Waals surface area contributed by atoms with E-state index in [9.17, 15) is 4.79 Å². The predicted molar refractivity (Wildman–Crippen MR) is 191 cm³/mol. The molecule has 0 aromatic heterocycles. The van der Waals surface area contributed by atoms with Gasteiger partial charge in [-0.2, -0.15) is 0 Å². The van der Waals surface area contributed by atoms with E-state index in [2.05, 4.69) is 6.92 Å². The Labute approximate surface area is 294 Å². The number of ether oxygens (including phenoxy) is 9. The maximum absolute atomic E-state index is 11.9. The third-order valence-electron chi connectivity index (χ3n) is 7.27. The van der Waals surface area contributed by atoms with Crippen LogP contribution in [0.25, 0.3) is 0 Å². The third kappa shape index (κ3) is 39.4. The second-order valence-electron chi connectivity index (χ2n) is 13.0. The zero-order valence-corrected chi connectivity index (χ0v) is 31.7. The Morgan fingerprint density at radius 2 is 0.688 bits per heavy atom. The number of nitrogens with zero attached hydrogens (tertiary/aromatic N) is 1. The first-order valence-corrected chi connectivity index (χ1v) is 18.9. The molecule has 0 bridgehead atoms. The van der Waals surface area contributed by atoms with Crippen molar-refractivity contribution in [2.45, 2.75) is 117 Å². The van der Waals surface area contributed by atoms with E-state index in [0.29, 0.717) is 106 Å². The molecule has 0 spiro atoms. The normalized spacial score (nSPS) is 11.8. The molecule has 0 rings (SSSR count). The second kappa shape index (κ2) is 37.2. The molecule has 0 aliphatic rings. The van der Waals surface area contributed by atoms with Crippen LogP contribution in [0.2, 0.25) is 0 Å². The van der Waals surface area contributed by atoms with E-state index in [1.165, 1.54) is 81.9 Å². The lowest BCUT2D eigenvalue weighted by atomic mass is 10.0. The van der Waals surface area contributed by atoms with E-state index in [4.69, 9.17) is 42.6 Å². The average Bonchev–Trinajstić information content (AvgIpc) is 3.05. The fourth-order valence-electron chi connectivity index (χ4n) is 4.50. The number of unbranched alkanes of at least 4 members (excludes halogenated alkanes) is 12.